The van der Waals surface area contributed by atoms with E-state index in [9.17, 15) is 4.79 Å². The molecule has 0 fully saturated rings. The van der Waals surface area contributed by atoms with Gasteiger partial charge in [-0.15, -0.1) is 0 Å². The third-order valence-electron chi connectivity index (χ3n) is 5.65. The van der Waals surface area contributed by atoms with Crippen molar-refractivity contribution < 1.29 is 19.0 Å². The standard InChI is InChI=1S/C27H25N3O4/c1-32-23-10-6-5-9-21(23)26-22(18-30(29-26)20-7-3-2-4-8-20)27(31)28-14-13-19-11-12-24-25(17-19)34-16-15-33-24/h2-12,17-18H,13-16H2,1H3,(H,28,31). The van der Waals surface area contributed by atoms with Crippen LogP contribution in [0.5, 0.6) is 17.2 Å². The summed E-state index contributed by atoms with van der Waals surface area (Å²) in [5.41, 5.74) is 3.74. The van der Waals surface area contributed by atoms with Gasteiger partial charge in [0.2, 0.25) is 0 Å². The van der Waals surface area contributed by atoms with Gasteiger partial charge in [-0.1, -0.05) is 36.4 Å². The van der Waals surface area contributed by atoms with E-state index in [4.69, 9.17) is 19.3 Å². The smallest absolute Gasteiger partial charge is 0.255 e. The van der Waals surface area contributed by atoms with Crippen LogP contribution in [-0.4, -0.2) is 42.6 Å². The van der Waals surface area contributed by atoms with Gasteiger partial charge in [0.25, 0.3) is 5.91 Å². The quantitative estimate of drug-likeness (QED) is 0.450. The molecule has 0 atom stereocenters. The van der Waals surface area contributed by atoms with Gasteiger partial charge in [0.1, 0.15) is 24.7 Å². The SMILES string of the molecule is COc1ccccc1-c1nn(-c2ccccc2)cc1C(=O)NCCc1ccc2c(c1)OCCO2. The van der Waals surface area contributed by atoms with Crippen molar-refractivity contribution in [1.82, 2.24) is 15.1 Å². The molecule has 1 N–H and O–H groups in total. The van der Waals surface area contributed by atoms with Gasteiger partial charge < -0.3 is 19.5 Å². The molecule has 7 heteroatoms. The van der Waals surface area contributed by atoms with E-state index in [-0.39, 0.29) is 5.91 Å². The summed E-state index contributed by atoms with van der Waals surface area (Å²) >= 11 is 0. The zero-order valence-electron chi connectivity index (χ0n) is 18.9. The molecule has 1 aliphatic heterocycles. The summed E-state index contributed by atoms with van der Waals surface area (Å²) in [7, 11) is 1.61. The molecule has 3 aromatic carbocycles. The maximum atomic E-state index is 13.3. The summed E-state index contributed by atoms with van der Waals surface area (Å²) in [6.45, 7) is 1.58. The Labute approximate surface area is 197 Å². The fraction of sp³-hybridized carbons (Fsp3) is 0.185. The number of ether oxygens (including phenoxy) is 3. The van der Waals surface area contributed by atoms with E-state index < -0.39 is 0 Å². The normalized spacial score (nSPS) is 12.3. The topological polar surface area (TPSA) is 74.6 Å². The van der Waals surface area contributed by atoms with Crippen LogP contribution in [0.2, 0.25) is 0 Å². The Morgan fingerprint density at radius 1 is 1.00 bits per heavy atom. The number of hydrogen-bond acceptors (Lipinski definition) is 5. The van der Waals surface area contributed by atoms with Crippen LogP contribution in [-0.2, 0) is 6.42 Å². The van der Waals surface area contributed by atoms with E-state index in [1.54, 1.807) is 18.0 Å². The van der Waals surface area contributed by atoms with E-state index in [2.05, 4.69) is 5.32 Å². The Hall–Kier alpha value is -4.26. The minimum Gasteiger partial charge on any atom is -0.496 e. The van der Waals surface area contributed by atoms with Crippen molar-refractivity contribution in [2.24, 2.45) is 0 Å². The van der Waals surface area contributed by atoms with Crippen LogP contribution < -0.4 is 19.5 Å². The molecule has 4 aromatic rings. The summed E-state index contributed by atoms with van der Waals surface area (Å²) in [6.07, 6.45) is 2.43. The van der Waals surface area contributed by atoms with Crippen LogP contribution in [0, 0.1) is 0 Å². The van der Waals surface area contributed by atoms with Gasteiger partial charge in [0, 0.05) is 18.3 Å². The molecule has 5 rings (SSSR count). The lowest BCUT2D eigenvalue weighted by molar-refractivity contribution is 0.0954. The van der Waals surface area contributed by atoms with E-state index >= 15 is 0 Å². The minimum atomic E-state index is -0.194. The van der Waals surface area contributed by atoms with Gasteiger partial charge in [0.15, 0.2) is 11.5 Å². The van der Waals surface area contributed by atoms with E-state index in [1.165, 1.54) is 0 Å². The molecule has 0 saturated heterocycles. The number of aromatic nitrogens is 2. The van der Waals surface area contributed by atoms with Crippen LogP contribution in [0.4, 0.5) is 0 Å². The van der Waals surface area contributed by atoms with E-state index in [1.807, 2.05) is 72.8 Å². The molecular weight excluding hydrogens is 430 g/mol. The molecule has 0 radical (unpaired) electrons. The molecule has 0 aliphatic carbocycles. The third-order valence-corrected chi connectivity index (χ3v) is 5.65. The van der Waals surface area contributed by atoms with Gasteiger partial charge in [-0.25, -0.2) is 4.68 Å². The number of amides is 1. The average Bonchev–Trinajstić information content (AvgIpc) is 3.34. The maximum Gasteiger partial charge on any atom is 0.255 e. The molecule has 0 unspecified atom stereocenters. The lowest BCUT2D eigenvalue weighted by Gasteiger charge is -2.18. The zero-order chi connectivity index (χ0) is 23.3. The summed E-state index contributed by atoms with van der Waals surface area (Å²) in [4.78, 5) is 13.3. The molecule has 172 valence electrons. The van der Waals surface area contributed by atoms with Gasteiger partial charge in [-0.3, -0.25) is 4.79 Å². The van der Waals surface area contributed by atoms with Gasteiger partial charge in [0.05, 0.1) is 18.4 Å². The highest BCUT2D eigenvalue weighted by atomic mass is 16.6. The van der Waals surface area contributed by atoms with E-state index in [0.717, 1.165) is 28.3 Å². The Morgan fingerprint density at radius 3 is 2.59 bits per heavy atom. The second-order valence-electron chi connectivity index (χ2n) is 7.86. The first-order chi connectivity index (χ1) is 16.7. The number of nitrogens with one attached hydrogen (secondary N) is 1. The Kier molecular flexibility index (Phi) is 6.16. The van der Waals surface area contributed by atoms with Crippen LogP contribution in [0.1, 0.15) is 15.9 Å². The molecule has 1 aromatic heterocycles. The average molecular weight is 456 g/mol. The number of carbonyl (C=O) groups is 1. The van der Waals surface area contributed by atoms with Gasteiger partial charge in [-0.2, -0.15) is 5.10 Å². The Morgan fingerprint density at radius 2 is 1.76 bits per heavy atom. The second-order valence-corrected chi connectivity index (χ2v) is 7.86. The maximum absolute atomic E-state index is 13.3. The van der Waals surface area contributed by atoms with Crippen molar-refractivity contribution in [1.29, 1.82) is 0 Å². The van der Waals surface area contributed by atoms with Crippen molar-refractivity contribution in [3.63, 3.8) is 0 Å². The van der Waals surface area contributed by atoms with Gasteiger partial charge in [-0.05, 0) is 48.4 Å². The fourth-order valence-electron chi connectivity index (χ4n) is 3.95. The number of methoxy groups -OCH3 is 1. The van der Waals surface area contributed by atoms with Crippen molar-refractivity contribution in [2.45, 2.75) is 6.42 Å². The summed E-state index contributed by atoms with van der Waals surface area (Å²) in [5, 5.41) is 7.78. The van der Waals surface area contributed by atoms with Crippen LogP contribution >= 0.6 is 0 Å². The highest BCUT2D eigenvalue weighted by molar-refractivity contribution is 6.00. The first kappa shape index (κ1) is 21.6. The van der Waals surface area contributed by atoms with E-state index in [0.29, 0.717) is 43.2 Å². The predicted molar refractivity (Wildman–Crippen MR) is 129 cm³/mol. The largest absolute Gasteiger partial charge is 0.496 e. The number of fused-ring (bicyclic) bond motifs is 1. The number of rotatable bonds is 7. The minimum absolute atomic E-state index is 0.194. The molecule has 1 aliphatic rings. The molecule has 1 amide bonds. The number of carbonyl (C=O) groups excluding carboxylic acids is 1. The van der Waals surface area contributed by atoms with Crippen molar-refractivity contribution in [2.75, 3.05) is 26.9 Å². The highest BCUT2D eigenvalue weighted by Gasteiger charge is 2.21. The number of para-hydroxylation sites is 2. The third kappa shape index (κ3) is 4.45. The first-order valence-electron chi connectivity index (χ1n) is 11.2. The number of benzene rings is 3. The second kappa shape index (κ2) is 9.70. The molecule has 34 heavy (non-hydrogen) atoms. The molecule has 0 saturated carbocycles. The molecule has 7 nitrogen and oxygen atoms in total. The lowest BCUT2D eigenvalue weighted by Crippen LogP contribution is -2.26. The number of nitrogens with zero attached hydrogens (tertiary/aromatic N) is 2. The lowest BCUT2D eigenvalue weighted by atomic mass is 10.1. The van der Waals surface area contributed by atoms with Crippen molar-refractivity contribution in [3.8, 4) is 34.2 Å². The van der Waals surface area contributed by atoms with Crippen molar-refractivity contribution in [3.05, 3.63) is 90.1 Å². The van der Waals surface area contributed by atoms with Gasteiger partial charge >= 0.3 is 0 Å². The zero-order valence-corrected chi connectivity index (χ0v) is 18.9. The Balaban J connectivity index is 1.38. The fourth-order valence-corrected chi connectivity index (χ4v) is 3.95. The summed E-state index contributed by atoms with van der Waals surface area (Å²) in [6, 6.07) is 23.1. The number of hydrogen-bond donors (Lipinski definition) is 1. The van der Waals surface area contributed by atoms with Crippen LogP contribution in [0.3, 0.4) is 0 Å². The van der Waals surface area contributed by atoms with Crippen molar-refractivity contribution >= 4 is 5.91 Å². The Bertz CT molecular complexity index is 1300. The first-order valence-corrected chi connectivity index (χ1v) is 11.2. The molecule has 0 bridgehead atoms. The molecular formula is C27H25N3O4. The monoisotopic (exact) mass is 455 g/mol. The summed E-state index contributed by atoms with van der Waals surface area (Å²) in [5.74, 6) is 1.97. The molecule has 2 heterocycles. The van der Waals surface area contributed by atoms with Crippen LogP contribution in [0.15, 0.2) is 79.0 Å². The molecule has 0 spiro atoms. The van der Waals surface area contributed by atoms with Crippen LogP contribution in [0.25, 0.3) is 16.9 Å². The highest BCUT2D eigenvalue weighted by Crippen LogP contribution is 2.32. The summed E-state index contributed by atoms with van der Waals surface area (Å²) < 4.78 is 18.5. The predicted octanol–water partition coefficient (Wildman–Crippen LogP) is 4.29.